The molecule has 3 amide bonds. The highest BCUT2D eigenvalue weighted by Gasteiger charge is 2.38. The van der Waals surface area contributed by atoms with Crippen LogP contribution in [0.4, 0.5) is 11.5 Å². The number of hydrogen-bond acceptors (Lipinski definition) is 9. The van der Waals surface area contributed by atoms with Crippen molar-refractivity contribution in [2.45, 2.75) is 58.5 Å². The van der Waals surface area contributed by atoms with Gasteiger partial charge in [-0.15, -0.1) is 0 Å². The Bertz CT molecular complexity index is 1430. The second kappa shape index (κ2) is 14.4. The molecule has 0 spiro atoms. The second-order valence-corrected chi connectivity index (χ2v) is 10.4. The summed E-state index contributed by atoms with van der Waals surface area (Å²) in [6.07, 6.45) is 0.192. The van der Waals surface area contributed by atoms with Gasteiger partial charge in [0.2, 0.25) is 17.7 Å². The Labute approximate surface area is 251 Å². The van der Waals surface area contributed by atoms with Gasteiger partial charge in [-0.1, -0.05) is 24.2 Å². The van der Waals surface area contributed by atoms with Gasteiger partial charge in [0, 0.05) is 36.1 Å². The minimum absolute atomic E-state index is 0.191. The molecule has 0 saturated carbocycles. The van der Waals surface area contributed by atoms with E-state index in [0.29, 0.717) is 34.9 Å². The second-order valence-electron chi connectivity index (χ2n) is 10.4. The van der Waals surface area contributed by atoms with E-state index in [1.165, 1.54) is 33.3 Å². The van der Waals surface area contributed by atoms with Gasteiger partial charge in [0.1, 0.15) is 23.3 Å². The molecule has 0 bridgehead atoms. The number of para-hydroxylation sites is 1. The van der Waals surface area contributed by atoms with E-state index in [0.717, 1.165) is 0 Å². The monoisotopic (exact) mass is 596 g/mol. The maximum absolute atomic E-state index is 14.2. The first kappa shape index (κ1) is 32.8. The number of benzene rings is 2. The van der Waals surface area contributed by atoms with Crippen molar-refractivity contribution in [3.63, 3.8) is 0 Å². The maximum Gasteiger partial charge on any atom is 0.248 e. The van der Waals surface area contributed by atoms with E-state index in [2.05, 4.69) is 15.8 Å². The lowest BCUT2D eigenvalue weighted by atomic mass is 9.97. The predicted molar refractivity (Wildman–Crippen MR) is 161 cm³/mol. The molecule has 2 aromatic carbocycles. The third kappa shape index (κ3) is 7.97. The molecule has 0 saturated heterocycles. The van der Waals surface area contributed by atoms with Crippen molar-refractivity contribution < 1.29 is 37.9 Å². The summed E-state index contributed by atoms with van der Waals surface area (Å²) in [5, 5.41) is 9.45. The molecule has 12 heteroatoms. The maximum atomic E-state index is 14.2. The number of carbonyl (C=O) groups excluding carboxylic acids is 3. The number of amides is 3. The SMILES string of the molecule is CCC(C)(C)NC(=O)[C@@H](c1cccc(OC)c1OC)N(C(=O)CCC(=O)Nc1cc(C)on1)c1ccc(OC)cc1OC. The van der Waals surface area contributed by atoms with Gasteiger partial charge >= 0.3 is 0 Å². The highest BCUT2D eigenvalue weighted by atomic mass is 16.5. The van der Waals surface area contributed by atoms with Crippen LogP contribution in [0.1, 0.15) is 57.4 Å². The summed E-state index contributed by atoms with van der Waals surface area (Å²) in [7, 11) is 5.91. The molecule has 1 aromatic heterocycles. The van der Waals surface area contributed by atoms with Crippen LogP contribution in [0.15, 0.2) is 47.0 Å². The lowest BCUT2D eigenvalue weighted by Gasteiger charge is -2.36. The molecule has 232 valence electrons. The van der Waals surface area contributed by atoms with Gasteiger partial charge in [0.05, 0.1) is 34.1 Å². The van der Waals surface area contributed by atoms with E-state index in [4.69, 9.17) is 23.5 Å². The van der Waals surface area contributed by atoms with Crippen LogP contribution in [-0.2, 0) is 14.4 Å². The molecule has 12 nitrogen and oxygen atoms in total. The normalized spacial score (nSPS) is 11.7. The van der Waals surface area contributed by atoms with E-state index in [1.54, 1.807) is 49.4 Å². The molecule has 0 aliphatic carbocycles. The van der Waals surface area contributed by atoms with Crippen molar-refractivity contribution in [1.82, 2.24) is 10.5 Å². The quantitative estimate of drug-likeness (QED) is 0.268. The minimum atomic E-state index is -1.24. The number of aryl methyl sites for hydroxylation is 1. The number of anilines is 2. The van der Waals surface area contributed by atoms with Crippen molar-refractivity contribution in [2.75, 3.05) is 38.7 Å². The molecule has 0 aliphatic heterocycles. The highest BCUT2D eigenvalue weighted by Crippen LogP contribution is 2.42. The summed E-state index contributed by atoms with van der Waals surface area (Å²) in [6, 6.07) is 10.3. The zero-order valence-electron chi connectivity index (χ0n) is 25.9. The van der Waals surface area contributed by atoms with Gasteiger partial charge in [-0.25, -0.2) is 0 Å². The lowest BCUT2D eigenvalue weighted by molar-refractivity contribution is -0.128. The fraction of sp³-hybridized carbons (Fsp3) is 0.419. The zero-order chi connectivity index (χ0) is 31.7. The van der Waals surface area contributed by atoms with Crippen LogP contribution in [-0.4, -0.2) is 56.9 Å². The molecule has 43 heavy (non-hydrogen) atoms. The van der Waals surface area contributed by atoms with E-state index in [1.807, 2.05) is 20.8 Å². The molecular formula is C31H40N4O8. The number of aromatic nitrogens is 1. The topological polar surface area (TPSA) is 141 Å². The number of methoxy groups -OCH3 is 4. The number of nitrogens with zero attached hydrogens (tertiary/aromatic N) is 2. The summed E-state index contributed by atoms with van der Waals surface area (Å²) >= 11 is 0. The van der Waals surface area contributed by atoms with Crippen LogP contribution in [0.25, 0.3) is 0 Å². The number of carbonyl (C=O) groups is 3. The van der Waals surface area contributed by atoms with Gasteiger partial charge in [-0.2, -0.15) is 0 Å². The predicted octanol–water partition coefficient (Wildman–Crippen LogP) is 4.82. The Hall–Kier alpha value is -4.74. The molecule has 1 heterocycles. The standard InChI is InChI=1S/C31H40N4O8/c1-9-31(3,4)33-30(38)28(21-11-10-12-23(40-6)29(21)42-8)35(22-14-13-20(39-5)18-24(22)41-7)27(37)16-15-26(36)32-25-17-19(2)43-34-25/h10-14,17-18,28H,9,15-16H2,1-8H3,(H,33,38)(H,32,34,36)/t28-/m1/s1. The first-order valence-corrected chi connectivity index (χ1v) is 13.8. The summed E-state index contributed by atoms with van der Waals surface area (Å²) in [6.45, 7) is 7.43. The summed E-state index contributed by atoms with van der Waals surface area (Å²) in [5.41, 5.74) is 0.0654. The Morgan fingerprint density at radius 2 is 1.67 bits per heavy atom. The molecule has 0 fully saturated rings. The van der Waals surface area contributed by atoms with Crippen molar-refractivity contribution in [1.29, 1.82) is 0 Å². The van der Waals surface area contributed by atoms with Crippen LogP contribution in [0.2, 0.25) is 0 Å². The van der Waals surface area contributed by atoms with Gasteiger partial charge in [-0.3, -0.25) is 19.3 Å². The lowest BCUT2D eigenvalue weighted by Crippen LogP contribution is -2.50. The van der Waals surface area contributed by atoms with Crippen molar-refractivity contribution in [2.24, 2.45) is 0 Å². The first-order chi connectivity index (χ1) is 20.5. The Balaban J connectivity index is 2.16. The van der Waals surface area contributed by atoms with E-state index >= 15 is 0 Å². The van der Waals surface area contributed by atoms with Gasteiger partial charge in [-0.05, 0) is 45.4 Å². The fourth-order valence-corrected chi connectivity index (χ4v) is 4.39. The number of rotatable bonds is 14. The van der Waals surface area contributed by atoms with Crippen LogP contribution in [0.5, 0.6) is 23.0 Å². The molecular weight excluding hydrogens is 556 g/mol. The number of ether oxygens (including phenoxy) is 4. The first-order valence-electron chi connectivity index (χ1n) is 13.8. The zero-order valence-corrected chi connectivity index (χ0v) is 25.9. The molecule has 0 aliphatic rings. The number of nitrogens with one attached hydrogen (secondary N) is 2. The number of hydrogen-bond donors (Lipinski definition) is 2. The molecule has 2 N–H and O–H groups in total. The third-order valence-corrected chi connectivity index (χ3v) is 6.96. The van der Waals surface area contributed by atoms with Gasteiger partial charge in [0.15, 0.2) is 17.3 Å². The summed E-state index contributed by atoms with van der Waals surface area (Å²) in [5.74, 6) is 0.764. The van der Waals surface area contributed by atoms with Crippen LogP contribution >= 0.6 is 0 Å². The van der Waals surface area contributed by atoms with Crippen LogP contribution < -0.4 is 34.5 Å². The van der Waals surface area contributed by atoms with Crippen molar-refractivity contribution in [3.05, 3.63) is 53.8 Å². The van der Waals surface area contributed by atoms with Gasteiger partial charge < -0.3 is 34.1 Å². The summed E-state index contributed by atoms with van der Waals surface area (Å²) in [4.78, 5) is 42.5. The Morgan fingerprint density at radius 1 is 0.953 bits per heavy atom. The molecule has 3 rings (SSSR count). The summed E-state index contributed by atoms with van der Waals surface area (Å²) < 4.78 is 27.2. The average Bonchev–Trinajstić information content (AvgIpc) is 3.41. The van der Waals surface area contributed by atoms with Gasteiger partial charge in [0.25, 0.3) is 0 Å². The molecule has 0 unspecified atom stereocenters. The van der Waals surface area contributed by atoms with Crippen molar-refractivity contribution >= 4 is 29.2 Å². The molecule has 1 atom stereocenters. The minimum Gasteiger partial charge on any atom is -0.497 e. The fourth-order valence-electron chi connectivity index (χ4n) is 4.39. The average molecular weight is 597 g/mol. The molecule has 3 aromatic rings. The smallest absolute Gasteiger partial charge is 0.248 e. The molecule has 0 radical (unpaired) electrons. The van der Waals surface area contributed by atoms with E-state index in [-0.39, 0.29) is 30.2 Å². The van der Waals surface area contributed by atoms with Crippen molar-refractivity contribution in [3.8, 4) is 23.0 Å². The Morgan fingerprint density at radius 3 is 2.26 bits per heavy atom. The highest BCUT2D eigenvalue weighted by molar-refractivity contribution is 6.04. The Kier molecular flexibility index (Phi) is 11.0. The van der Waals surface area contributed by atoms with Crippen LogP contribution in [0.3, 0.4) is 0 Å². The van der Waals surface area contributed by atoms with E-state index in [9.17, 15) is 14.4 Å². The van der Waals surface area contributed by atoms with Crippen LogP contribution in [0, 0.1) is 6.92 Å². The van der Waals surface area contributed by atoms with E-state index < -0.39 is 29.3 Å². The third-order valence-electron chi connectivity index (χ3n) is 6.96. The largest absolute Gasteiger partial charge is 0.497 e.